The van der Waals surface area contributed by atoms with Crippen LogP contribution in [0.1, 0.15) is 25.3 Å². The number of hydrogen-bond acceptors (Lipinski definition) is 4. The fourth-order valence-electron chi connectivity index (χ4n) is 2.28. The van der Waals surface area contributed by atoms with Gasteiger partial charge in [0.1, 0.15) is 4.21 Å². The van der Waals surface area contributed by atoms with E-state index in [1.54, 1.807) is 6.07 Å². The number of likely N-dealkylation sites (N-methyl/N-ethyl adjacent to an activating group) is 1. The lowest BCUT2D eigenvalue weighted by atomic mass is 10.1. The van der Waals surface area contributed by atoms with Crippen LogP contribution in [0.25, 0.3) is 0 Å². The van der Waals surface area contributed by atoms with E-state index >= 15 is 0 Å². The van der Waals surface area contributed by atoms with Crippen LogP contribution in [0.4, 0.5) is 0 Å². The van der Waals surface area contributed by atoms with Gasteiger partial charge in [-0.3, -0.25) is 0 Å². The molecule has 108 valence electrons. The van der Waals surface area contributed by atoms with Gasteiger partial charge >= 0.3 is 0 Å². The van der Waals surface area contributed by atoms with E-state index in [-0.39, 0.29) is 6.04 Å². The number of aryl methyl sites for hydroxylation is 1. The second-order valence-corrected chi connectivity index (χ2v) is 9.19. The van der Waals surface area contributed by atoms with Crippen LogP contribution in [0.3, 0.4) is 0 Å². The average molecular weight is 367 g/mol. The smallest absolute Gasteiger partial charge is 0.250 e. The van der Waals surface area contributed by atoms with E-state index in [0.717, 1.165) is 41.8 Å². The summed E-state index contributed by atoms with van der Waals surface area (Å²) in [5, 5.41) is 0. The van der Waals surface area contributed by atoms with Crippen molar-refractivity contribution in [2.45, 2.75) is 36.9 Å². The second kappa shape index (κ2) is 6.22. The predicted octanol–water partition coefficient (Wildman–Crippen LogP) is 2.58. The first-order valence-corrected chi connectivity index (χ1v) is 9.52. The Morgan fingerprint density at radius 3 is 2.89 bits per heavy atom. The van der Waals surface area contributed by atoms with Crippen molar-refractivity contribution in [2.75, 3.05) is 19.6 Å². The lowest BCUT2D eigenvalue weighted by Gasteiger charge is -2.31. The molecular formula is C12H19BrN2O2S2. The number of sulfonamides is 1. The van der Waals surface area contributed by atoms with Crippen molar-refractivity contribution in [3.05, 3.63) is 15.4 Å². The highest BCUT2D eigenvalue weighted by Crippen LogP contribution is 2.30. The van der Waals surface area contributed by atoms with Crippen LogP contribution in [0, 0.1) is 6.92 Å². The molecule has 1 aliphatic heterocycles. The zero-order valence-electron chi connectivity index (χ0n) is 11.1. The average Bonchev–Trinajstić information content (AvgIpc) is 2.70. The first-order valence-electron chi connectivity index (χ1n) is 6.43. The highest BCUT2D eigenvalue weighted by atomic mass is 79.9. The summed E-state index contributed by atoms with van der Waals surface area (Å²) in [4.78, 5) is 2.28. The summed E-state index contributed by atoms with van der Waals surface area (Å²) in [5.74, 6) is 0. The van der Waals surface area contributed by atoms with E-state index in [1.165, 1.54) is 11.3 Å². The van der Waals surface area contributed by atoms with E-state index in [0.29, 0.717) is 4.21 Å². The summed E-state index contributed by atoms with van der Waals surface area (Å²) in [7, 11) is -3.38. The molecule has 0 spiro atoms. The molecule has 0 saturated carbocycles. The van der Waals surface area contributed by atoms with Crippen molar-refractivity contribution in [3.63, 3.8) is 0 Å². The van der Waals surface area contributed by atoms with Gasteiger partial charge in [0.05, 0.1) is 3.79 Å². The Labute approximate surface area is 127 Å². The molecular weight excluding hydrogens is 348 g/mol. The molecule has 1 aliphatic rings. The molecule has 1 unspecified atom stereocenters. The molecule has 2 heterocycles. The monoisotopic (exact) mass is 366 g/mol. The Morgan fingerprint density at radius 2 is 2.32 bits per heavy atom. The number of likely N-dealkylation sites (tertiary alicyclic amines) is 1. The maximum absolute atomic E-state index is 12.3. The van der Waals surface area contributed by atoms with Crippen molar-refractivity contribution in [1.82, 2.24) is 9.62 Å². The van der Waals surface area contributed by atoms with E-state index in [2.05, 4.69) is 32.5 Å². The van der Waals surface area contributed by atoms with Gasteiger partial charge in [-0.15, -0.1) is 11.3 Å². The number of piperidine rings is 1. The number of thiophene rings is 1. The number of rotatable bonds is 4. The fraction of sp³-hybridized carbons (Fsp3) is 0.667. The molecule has 7 heteroatoms. The molecule has 1 fully saturated rings. The molecule has 1 aromatic heterocycles. The van der Waals surface area contributed by atoms with Gasteiger partial charge in [-0.05, 0) is 60.4 Å². The Kier molecular flexibility index (Phi) is 5.05. The summed E-state index contributed by atoms with van der Waals surface area (Å²) < 4.78 is 28.8. The topological polar surface area (TPSA) is 49.4 Å². The van der Waals surface area contributed by atoms with Gasteiger partial charge in [-0.1, -0.05) is 6.92 Å². The van der Waals surface area contributed by atoms with E-state index in [9.17, 15) is 8.42 Å². The molecule has 19 heavy (non-hydrogen) atoms. The standard InChI is InChI=1S/C12H19BrN2O2S2/c1-3-15-6-4-5-10(8-15)14-19(16,17)11-7-9(2)12(13)18-11/h7,10,14H,3-6,8H2,1-2H3. The third-order valence-corrected chi connectivity index (χ3v) is 7.50. The first kappa shape index (κ1) is 15.4. The Balaban J connectivity index is 2.08. The van der Waals surface area contributed by atoms with Crippen LogP contribution >= 0.6 is 27.3 Å². The lowest BCUT2D eigenvalue weighted by molar-refractivity contribution is 0.211. The largest absolute Gasteiger partial charge is 0.302 e. The fourth-order valence-corrected chi connectivity index (χ4v) is 5.78. The number of nitrogens with one attached hydrogen (secondary N) is 1. The second-order valence-electron chi connectivity index (χ2n) is 4.88. The molecule has 2 rings (SSSR count). The van der Waals surface area contributed by atoms with Gasteiger partial charge in [-0.2, -0.15) is 0 Å². The molecule has 0 amide bonds. The van der Waals surface area contributed by atoms with Gasteiger partial charge in [0, 0.05) is 12.6 Å². The quantitative estimate of drug-likeness (QED) is 0.890. The molecule has 0 radical (unpaired) electrons. The summed E-state index contributed by atoms with van der Waals surface area (Å²) >= 11 is 4.64. The molecule has 0 aromatic carbocycles. The van der Waals surface area contributed by atoms with Crippen LogP contribution in [0.15, 0.2) is 14.1 Å². The third-order valence-electron chi connectivity index (χ3n) is 3.37. The zero-order chi connectivity index (χ0) is 14.0. The minimum atomic E-state index is -3.38. The van der Waals surface area contributed by atoms with E-state index < -0.39 is 10.0 Å². The van der Waals surface area contributed by atoms with Crippen LogP contribution in [0.2, 0.25) is 0 Å². The normalized spacial score (nSPS) is 21.7. The number of halogens is 1. The summed E-state index contributed by atoms with van der Waals surface area (Å²) in [5.41, 5.74) is 0.962. The van der Waals surface area contributed by atoms with Crippen molar-refractivity contribution in [2.24, 2.45) is 0 Å². The van der Waals surface area contributed by atoms with Gasteiger partial charge in [-0.25, -0.2) is 13.1 Å². The SMILES string of the molecule is CCN1CCCC(NS(=O)(=O)c2cc(C)c(Br)s2)C1. The van der Waals surface area contributed by atoms with Crippen LogP contribution in [-0.2, 0) is 10.0 Å². The van der Waals surface area contributed by atoms with Crippen molar-refractivity contribution < 1.29 is 8.42 Å². The maximum atomic E-state index is 12.3. The summed E-state index contributed by atoms with van der Waals surface area (Å²) in [6.07, 6.45) is 1.97. The molecule has 0 aliphatic carbocycles. The Bertz CT molecular complexity index is 522. The summed E-state index contributed by atoms with van der Waals surface area (Å²) in [6.45, 7) is 6.86. The van der Waals surface area contributed by atoms with Crippen molar-refractivity contribution in [3.8, 4) is 0 Å². The van der Waals surface area contributed by atoms with Crippen molar-refractivity contribution >= 4 is 37.3 Å². The molecule has 1 N–H and O–H groups in total. The summed E-state index contributed by atoms with van der Waals surface area (Å²) in [6, 6.07) is 1.75. The zero-order valence-corrected chi connectivity index (χ0v) is 14.4. The lowest BCUT2D eigenvalue weighted by Crippen LogP contribution is -2.47. The molecule has 1 atom stereocenters. The van der Waals surface area contributed by atoms with E-state index in [1.807, 2.05) is 6.92 Å². The van der Waals surface area contributed by atoms with Gasteiger partial charge in [0.25, 0.3) is 0 Å². The highest BCUT2D eigenvalue weighted by Gasteiger charge is 2.26. The Hall–Kier alpha value is 0.0500. The Morgan fingerprint density at radius 1 is 1.58 bits per heavy atom. The molecule has 1 aromatic rings. The van der Waals surface area contributed by atoms with Gasteiger partial charge in [0.2, 0.25) is 10.0 Å². The minimum absolute atomic E-state index is 0.0277. The highest BCUT2D eigenvalue weighted by molar-refractivity contribution is 9.11. The number of nitrogens with zero attached hydrogens (tertiary/aromatic N) is 1. The molecule has 4 nitrogen and oxygen atoms in total. The van der Waals surface area contributed by atoms with Crippen molar-refractivity contribution in [1.29, 1.82) is 0 Å². The van der Waals surface area contributed by atoms with Crippen LogP contribution < -0.4 is 4.72 Å². The predicted molar refractivity (Wildman–Crippen MR) is 82.2 cm³/mol. The van der Waals surface area contributed by atoms with E-state index in [4.69, 9.17) is 0 Å². The van der Waals surface area contributed by atoms with Crippen LogP contribution in [0.5, 0.6) is 0 Å². The molecule has 1 saturated heterocycles. The molecule has 0 bridgehead atoms. The van der Waals surface area contributed by atoms with Gasteiger partial charge in [0.15, 0.2) is 0 Å². The number of hydrogen-bond donors (Lipinski definition) is 1. The van der Waals surface area contributed by atoms with Crippen LogP contribution in [-0.4, -0.2) is 39.0 Å². The minimum Gasteiger partial charge on any atom is -0.302 e. The first-order chi connectivity index (χ1) is 8.92. The third kappa shape index (κ3) is 3.78. The van der Waals surface area contributed by atoms with Gasteiger partial charge < -0.3 is 4.90 Å². The maximum Gasteiger partial charge on any atom is 0.250 e.